The molecular weight excluding hydrogens is 552 g/mol. The van der Waals surface area contributed by atoms with E-state index in [0.717, 1.165) is 16.7 Å². The smallest absolute Gasteiger partial charge is 0.311 e. The molecule has 0 saturated carbocycles. The van der Waals surface area contributed by atoms with Gasteiger partial charge in [-0.2, -0.15) is 0 Å². The summed E-state index contributed by atoms with van der Waals surface area (Å²) in [6, 6.07) is 29.6. The molecule has 0 aromatic heterocycles. The molecule has 0 radical (unpaired) electrons. The summed E-state index contributed by atoms with van der Waals surface area (Å²) in [7, 11) is 0. The van der Waals surface area contributed by atoms with E-state index in [4.69, 9.17) is 40.6 Å². The van der Waals surface area contributed by atoms with Gasteiger partial charge in [0.25, 0.3) is 0 Å². The number of hydrogen-bond donors (Lipinski definition) is 0. The number of thiocarbonyl (C=S) groups is 1. The highest BCUT2D eigenvalue weighted by Crippen LogP contribution is 2.32. The van der Waals surface area contributed by atoms with Gasteiger partial charge in [-0.15, -0.1) is 0 Å². The zero-order chi connectivity index (χ0) is 29.8. The van der Waals surface area contributed by atoms with E-state index < -0.39 is 42.1 Å². The van der Waals surface area contributed by atoms with Crippen LogP contribution in [0.4, 0.5) is 0 Å². The van der Waals surface area contributed by atoms with E-state index in [-0.39, 0.29) is 19.8 Å². The van der Waals surface area contributed by atoms with E-state index in [9.17, 15) is 4.79 Å². The highest BCUT2D eigenvalue weighted by atomic mass is 32.1. The summed E-state index contributed by atoms with van der Waals surface area (Å²) in [4.78, 5) is 13.2. The van der Waals surface area contributed by atoms with Crippen molar-refractivity contribution in [2.45, 2.75) is 71.3 Å². The van der Waals surface area contributed by atoms with Crippen molar-refractivity contribution in [1.82, 2.24) is 0 Å². The maximum absolute atomic E-state index is 13.2. The first kappa shape index (κ1) is 31.9. The highest BCUT2D eigenvalue weighted by molar-refractivity contribution is 7.79. The lowest BCUT2D eigenvalue weighted by Crippen LogP contribution is -2.62. The van der Waals surface area contributed by atoms with Crippen LogP contribution in [0.5, 0.6) is 0 Å². The van der Waals surface area contributed by atoms with Gasteiger partial charge in [0.05, 0.1) is 38.4 Å². The van der Waals surface area contributed by atoms with Crippen molar-refractivity contribution in [2.75, 3.05) is 13.2 Å². The van der Waals surface area contributed by atoms with Crippen molar-refractivity contribution in [3.63, 3.8) is 0 Å². The Morgan fingerprint density at radius 2 is 1.24 bits per heavy atom. The number of esters is 1. The predicted octanol–water partition coefficient (Wildman–Crippen LogP) is 6.07. The monoisotopic (exact) mass is 592 g/mol. The summed E-state index contributed by atoms with van der Waals surface area (Å²) in [5.74, 6) is -0.402. The van der Waals surface area contributed by atoms with Crippen LogP contribution >= 0.6 is 12.2 Å². The van der Waals surface area contributed by atoms with Crippen LogP contribution in [0.3, 0.4) is 0 Å². The first-order valence-corrected chi connectivity index (χ1v) is 14.7. The minimum Gasteiger partial charge on any atom is -0.454 e. The molecule has 0 amide bonds. The SMILES string of the molecule is CC(C)(C)C(=O)O[C@H]1[C@H](OCC=S)O[C@H](COCc2ccccc2)[C@@H](OCc2ccccc2)[C@@H]1OCc1ccccc1. The van der Waals surface area contributed by atoms with Crippen LogP contribution in [-0.4, -0.2) is 55.3 Å². The fourth-order valence-corrected chi connectivity index (χ4v) is 4.58. The normalized spacial score (nSPS) is 22.4. The Morgan fingerprint density at radius 1 is 0.738 bits per heavy atom. The fraction of sp³-hybridized carbons (Fsp3) is 0.412. The number of carbonyl (C=O) groups excluding carboxylic acids is 1. The molecule has 0 aliphatic carbocycles. The lowest BCUT2D eigenvalue weighted by Gasteiger charge is -2.45. The molecule has 0 bridgehead atoms. The summed E-state index contributed by atoms with van der Waals surface area (Å²) >= 11 is 5.03. The number of carbonyl (C=O) groups is 1. The molecule has 0 spiro atoms. The third-order valence-electron chi connectivity index (χ3n) is 6.74. The molecule has 3 aromatic carbocycles. The van der Waals surface area contributed by atoms with E-state index in [2.05, 4.69) is 0 Å². The van der Waals surface area contributed by atoms with E-state index >= 15 is 0 Å². The minimum atomic E-state index is -0.946. The molecule has 1 aliphatic heterocycles. The average molecular weight is 593 g/mol. The van der Waals surface area contributed by atoms with Gasteiger partial charge in [0.15, 0.2) is 12.4 Å². The summed E-state index contributed by atoms with van der Waals surface area (Å²) in [6.07, 6.45) is -3.82. The maximum atomic E-state index is 13.2. The quantitative estimate of drug-likeness (QED) is 0.165. The summed E-state index contributed by atoms with van der Waals surface area (Å²) < 4.78 is 37.7. The van der Waals surface area contributed by atoms with Crippen LogP contribution < -0.4 is 0 Å². The molecule has 0 N–H and O–H groups in total. The highest BCUT2D eigenvalue weighted by Gasteiger charge is 2.51. The van der Waals surface area contributed by atoms with Crippen molar-refractivity contribution < 1.29 is 33.2 Å². The molecule has 1 heterocycles. The average Bonchev–Trinajstić information content (AvgIpc) is 3.00. The van der Waals surface area contributed by atoms with Crippen molar-refractivity contribution in [1.29, 1.82) is 0 Å². The molecule has 1 saturated heterocycles. The van der Waals surface area contributed by atoms with Gasteiger partial charge in [-0.25, -0.2) is 0 Å². The zero-order valence-electron chi connectivity index (χ0n) is 24.4. The first-order chi connectivity index (χ1) is 20.3. The second kappa shape index (κ2) is 16.0. The Morgan fingerprint density at radius 3 is 1.74 bits per heavy atom. The fourth-order valence-electron chi connectivity index (χ4n) is 4.50. The lowest BCUT2D eigenvalue weighted by molar-refractivity contribution is -0.319. The molecule has 3 aromatic rings. The van der Waals surface area contributed by atoms with Crippen LogP contribution in [0, 0.1) is 5.41 Å². The number of rotatable bonds is 14. The van der Waals surface area contributed by atoms with Crippen LogP contribution in [0.25, 0.3) is 0 Å². The van der Waals surface area contributed by atoms with E-state index in [1.165, 1.54) is 5.37 Å². The van der Waals surface area contributed by atoms with Crippen LogP contribution in [-0.2, 0) is 53.0 Å². The molecular formula is C34H40O7S. The molecule has 1 fully saturated rings. The Balaban J connectivity index is 1.64. The third-order valence-corrected chi connectivity index (χ3v) is 6.88. The Labute approximate surface area is 254 Å². The van der Waals surface area contributed by atoms with Gasteiger partial charge in [0.1, 0.15) is 18.3 Å². The Bertz CT molecular complexity index is 1220. The number of benzene rings is 3. The van der Waals surface area contributed by atoms with Crippen LogP contribution in [0.15, 0.2) is 91.0 Å². The van der Waals surface area contributed by atoms with E-state index in [1.807, 2.05) is 91.0 Å². The minimum absolute atomic E-state index is 0.127. The molecule has 5 atom stereocenters. The van der Waals surface area contributed by atoms with E-state index in [1.54, 1.807) is 20.8 Å². The topological polar surface area (TPSA) is 72.5 Å². The second-order valence-corrected chi connectivity index (χ2v) is 11.5. The molecule has 0 unspecified atom stereocenters. The van der Waals surface area contributed by atoms with Gasteiger partial charge in [-0.1, -0.05) is 103 Å². The lowest BCUT2D eigenvalue weighted by atomic mass is 9.95. The zero-order valence-corrected chi connectivity index (χ0v) is 25.2. The van der Waals surface area contributed by atoms with Gasteiger partial charge < -0.3 is 28.4 Å². The molecule has 42 heavy (non-hydrogen) atoms. The van der Waals surface area contributed by atoms with Crippen LogP contribution in [0.1, 0.15) is 37.5 Å². The molecule has 7 nitrogen and oxygen atoms in total. The summed E-state index contributed by atoms with van der Waals surface area (Å²) in [5.41, 5.74) is 2.25. The second-order valence-electron chi connectivity index (χ2n) is 11.2. The summed E-state index contributed by atoms with van der Waals surface area (Å²) in [5, 5.41) is 1.46. The number of ether oxygens (including phenoxy) is 6. The van der Waals surface area contributed by atoms with Gasteiger partial charge >= 0.3 is 5.97 Å². The van der Waals surface area contributed by atoms with Gasteiger partial charge in [0.2, 0.25) is 0 Å². The van der Waals surface area contributed by atoms with Gasteiger partial charge in [-0.3, -0.25) is 4.79 Å². The molecule has 4 rings (SSSR count). The van der Waals surface area contributed by atoms with Gasteiger partial charge in [-0.05, 0) is 37.5 Å². The number of hydrogen-bond acceptors (Lipinski definition) is 8. The summed E-state index contributed by atoms with van der Waals surface area (Å²) in [6.45, 7) is 6.72. The predicted molar refractivity (Wildman–Crippen MR) is 164 cm³/mol. The van der Waals surface area contributed by atoms with Crippen LogP contribution in [0.2, 0.25) is 0 Å². The third kappa shape index (κ3) is 9.52. The first-order valence-electron chi connectivity index (χ1n) is 14.2. The van der Waals surface area contributed by atoms with Crippen molar-refractivity contribution in [3.8, 4) is 0 Å². The Kier molecular flexibility index (Phi) is 12.2. The largest absolute Gasteiger partial charge is 0.454 e. The molecule has 1 aliphatic rings. The maximum Gasteiger partial charge on any atom is 0.311 e. The standard InChI is InChI=1S/C34H40O7S/c1-34(2,3)33(35)41-31-30(39-23-27-17-11-6-12-18-27)29(38-22-26-15-9-5-10-16-26)28(40-32(31)37-19-20-42)24-36-21-25-13-7-4-8-14-25/h4-18,20,28-32H,19,21-24H2,1-3H3/t28-,29-,30+,31-,32-/m1/s1. The molecule has 8 heteroatoms. The van der Waals surface area contributed by atoms with Crippen molar-refractivity contribution in [3.05, 3.63) is 108 Å². The Hall–Kier alpha value is -2.98. The van der Waals surface area contributed by atoms with Gasteiger partial charge in [0, 0.05) is 5.37 Å². The van der Waals surface area contributed by atoms with Crippen molar-refractivity contribution in [2.24, 2.45) is 5.41 Å². The molecule has 224 valence electrons. The van der Waals surface area contributed by atoms with Crippen molar-refractivity contribution >= 4 is 23.6 Å². The van der Waals surface area contributed by atoms with E-state index in [0.29, 0.717) is 13.2 Å².